The van der Waals surface area contributed by atoms with Crippen LogP contribution in [0.4, 0.5) is 4.39 Å². The van der Waals surface area contributed by atoms with E-state index in [2.05, 4.69) is 11.0 Å². The van der Waals surface area contributed by atoms with Gasteiger partial charge in [0.1, 0.15) is 11.4 Å². The lowest BCUT2D eigenvalue weighted by Crippen LogP contribution is -2.28. The van der Waals surface area contributed by atoms with Gasteiger partial charge in [-0.1, -0.05) is 18.2 Å². The molecular formula is C20H21FN2O. The van der Waals surface area contributed by atoms with Crippen LogP contribution in [0.5, 0.6) is 0 Å². The van der Waals surface area contributed by atoms with Crippen LogP contribution in [0.2, 0.25) is 0 Å². The maximum Gasteiger partial charge on any atom is 0.123 e. The van der Waals surface area contributed by atoms with Gasteiger partial charge in [0.2, 0.25) is 0 Å². The highest BCUT2D eigenvalue weighted by Crippen LogP contribution is 2.45. The van der Waals surface area contributed by atoms with E-state index in [-0.39, 0.29) is 5.82 Å². The average Bonchev–Trinajstić information content (AvgIpc) is 2.94. The third kappa shape index (κ3) is 3.06. The van der Waals surface area contributed by atoms with Crippen LogP contribution in [0.1, 0.15) is 35.1 Å². The number of halogens is 1. The quantitative estimate of drug-likeness (QED) is 0.839. The molecule has 1 heterocycles. The third-order valence-corrected chi connectivity index (χ3v) is 4.59. The van der Waals surface area contributed by atoms with Crippen molar-refractivity contribution in [1.82, 2.24) is 4.90 Å². The lowest BCUT2D eigenvalue weighted by atomic mass is 9.81. The Morgan fingerprint density at radius 3 is 2.62 bits per heavy atom. The molecular weight excluding hydrogens is 303 g/mol. The Balaban J connectivity index is 2.05. The molecule has 0 radical (unpaired) electrons. The van der Waals surface area contributed by atoms with Gasteiger partial charge in [0, 0.05) is 0 Å². The van der Waals surface area contributed by atoms with Gasteiger partial charge in [-0.2, -0.15) is 5.26 Å². The molecule has 2 aromatic carbocycles. The SMILES string of the molecule is CN(C)CCC[C@]1(c2ccc(F)cc2)OCc2ccc(C#N)cc21. The Morgan fingerprint density at radius 2 is 1.96 bits per heavy atom. The first-order valence-corrected chi connectivity index (χ1v) is 8.13. The van der Waals surface area contributed by atoms with Gasteiger partial charge >= 0.3 is 0 Å². The smallest absolute Gasteiger partial charge is 0.123 e. The molecule has 0 aromatic heterocycles. The van der Waals surface area contributed by atoms with Crippen molar-refractivity contribution in [3.63, 3.8) is 0 Å². The fraction of sp³-hybridized carbons (Fsp3) is 0.350. The number of benzene rings is 2. The van der Waals surface area contributed by atoms with Gasteiger partial charge in [0.05, 0.1) is 18.2 Å². The fourth-order valence-electron chi connectivity index (χ4n) is 3.38. The highest BCUT2D eigenvalue weighted by atomic mass is 19.1. The zero-order chi connectivity index (χ0) is 17.2. The van der Waals surface area contributed by atoms with Crippen molar-refractivity contribution < 1.29 is 9.13 Å². The Labute approximate surface area is 142 Å². The van der Waals surface area contributed by atoms with Gasteiger partial charge in [0.15, 0.2) is 0 Å². The first kappa shape index (κ1) is 16.6. The van der Waals surface area contributed by atoms with Crippen LogP contribution in [0.15, 0.2) is 42.5 Å². The van der Waals surface area contributed by atoms with Crippen molar-refractivity contribution in [3.05, 3.63) is 70.5 Å². The van der Waals surface area contributed by atoms with Crippen molar-refractivity contribution in [3.8, 4) is 6.07 Å². The van der Waals surface area contributed by atoms with Gasteiger partial charge in [-0.25, -0.2) is 4.39 Å². The molecule has 2 aromatic rings. The Morgan fingerprint density at radius 1 is 1.21 bits per heavy atom. The largest absolute Gasteiger partial charge is 0.361 e. The molecule has 0 saturated heterocycles. The molecule has 24 heavy (non-hydrogen) atoms. The first-order chi connectivity index (χ1) is 11.5. The maximum atomic E-state index is 13.4. The predicted molar refractivity (Wildman–Crippen MR) is 90.9 cm³/mol. The van der Waals surface area contributed by atoms with E-state index in [0.717, 1.165) is 36.1 Å². The molecule has 1 atom stereocenters. The second-order valence-corrected chi connectivity index (χ2v) is 6.51. The predicted octanol–water partition coefficient (Wildman–Crippen LogP) is 3.81. The maximum absolute atomic E-state index is 13.4. The number of nitriles is 1. The van der Waals surface area contributed by atoms with E-state index in [9.17, 15) is 9.65 Å². The first-order valence-electron chi connectivity index (χ1n) is 8.13. The summed E-state index contributed by atoms with van der Waals surface area (Å²) in [5, 5.41) is 9.25. The number of hydrogen-bond donors (Lipinski definition) is 0. The number of rotatable bonds is 5. The molecule has 0 fully saturated rings. The van der Waals surface area contributed by atoms with Crippen molar-refractivity contribution in [2.75, 3.05) is 20.6 Å². The molecule has 0 aliphatic carbocycles. The lowest BCUT2D eigenvalue weighted by molar-refractivity contribution is -0.0140. The van der Waals surface area contributed by atoms with E-state index in [1.54, 1.807) is 12.1 Å². The minimum Gasteiger partial charge on any atom is -0.361 e. The van der Waals surface area contributed by atoms with Gasteiger partial charge in [-0.05, 0) is 74.4 Å². The van der Waals surface area contributed by atoms with Crippen LogP contribution < -0.4 is 0 Å². The molecule has 1 aliphatic heterocycles. The van der Waals surface area contributed by atoms with Crippen LogP contribution >= 0.6 is 0 Å². The van der Waals surface area contributed by atoms with E-state index in [1.165, 1.54) is 12.1 Å². The van der Waals surface area contributed by atoms with Gasteiger partial charge < -0.3 is 9.64 Å². The van der Waals surface area contributed by atoms with Gasteiger partial charge in [0.25, 0.3) is 0 Å². The van der Waals surface area contributed by atoms with E-state index in [0.29, 0.717) is 12.2 Å². The molecule has 0 saturated carbocycles. The number of fused-ring (bicyclic) bond motifs is 1. The third-order valence-electron chi connectivity index (χ3n) is 4.59. The summed E-state index contributed by atoms with van der Waals surface area (Å²) in [5.41, 5.74) is 3.09. The Kier molecular flexibility index (Phi) is 4.66. The highest BCUT2D eigenvalue weighted by Gasteiger charge is 2.41. The van der Waals surface area contributed by atoms with Crippen LogP contribution in [-0.2, 0) is 16.9 Å². The van der Waals surface area contributed by atoms with Crippen molar-refractivity contribution in [2.24, 2.45) is 0 Å². The van der Waals surface area contributed by atoms with E-state index < -0.39 is 5.60 Å². The molecule has 0 bridgehead atoms. The average molecular weight is 324 g/mol. The molecule has 0 spiro atoms. The summed E-state index contributed by atoms with van der Waals surface area (Å²) in [6, 6.07) is 14.4. The van der Waals surface area contributed by atoms with Crippen LogP contribution in [0.3, 0.4) is 0 Å². The van der Waals surface area contributed by atoms with Gasteiger partial charge in [-0.3, -0.25) is 0 Å². The normalized spacial score (nSPS) is 19.3. The standard InChI is InChI=1S/C20H21FN2O/c1-23(2)11-3-10-20(17-6-8-18(21)9-7-17)19-12-15(13-22)4-5-16(19)14-24-20/h4-9,12H,3,10-11,14H2,1-2H3/t20-/m1/s1. The number of hydrogen-bond acceptors (Lipinski definition) is 3. The van der Waals surface area contributed by atoms with Crippen molar-refractivity contribution in [1.29, 1.82) is 5.26 Å². The zero-order valence-corrected chi connectivity index (χ0v) is 14.1. The summed E-state index contributed by atoms with van der Waals surface area (Å²) < 4.78 is 19.6. The molecule has 3 nitrogen and oxygen atoms in total. The Hall–Kier alpha value is -2.22. The second-order valence-electron chi connectivity index (χ2n) is 6.51. The Bertz CT molecular complexity index is 764. The molecule has 0 amide bonds. The highest BCUT2D eigenvalue weighted by molar-refractivity contribution is 5.48. The van der Waals surface area contributed by atoms with Crippen LogP contribution in [0.25, 0.3) is 0 Å². The van der Waals surface area contributed by atoms with E-state index in [4.69, 9.17) is 4.74 Å². The van der Waals surface area contributed by atoms with Crippen LogP contribution in [-0.4, -0.2) is 25.5 Å². The van der Waals surface area contributed by atoms with E-state index >= 15 is 0 Å². The molecule has 0 N–H and O–H groups in total. The topological polar surface area (TPSA) is 36.3 Å². The zero-order valence-electron chi connectivity index (χ0n) is 14.1. The second kappa shape index (κ2) is 6.72. The molecule has 3 rings (SSSR count). The number of nitrogens with zero attached hydrogens (tertiary/aromatic N) is 2. The minimum absolute atomic E-state index is 0.258. The summed E-state index contributed by atoms with van der Waals surface area (Å²) in [5.74, 6) is -0.258. The van der Waals surface area contributed by atoms with Crippen LogP contribution in [0, 0.1) is 17.1 Å². The molecule has 4 heteroatoms. The summed E-state index contributed by atoms with van der Waals surface area (Å²) in [6.45, 7) is 1.46. The number of ether oxygens (including phenoxy) is 1. The van der Waals surface area contributed by atoms with Gasteiger partial charge in [-0.15, -0.1) is 0 Å². The summed E-state index contributed by atoms with van der Waals surface area (Å²) in [4.78, 5) is 2.14. The lowest BCUT2D eigenvalue weighted by Gasteiger charge is -2.31. The summed E-state index contributed by atoms with van der Waals surface area (Å²) in [6.07, 6.45) is 1.74. The monoisotopic (exact) mass is 324 g/mol. The molecule has 124 valence electrons. The molecule has 1 aliphatic rings. The fourth-order valence-corrected chi connectivity index (χ4v) is 3.38. The van der Waals surface area contributed by atoms with Crippen molar-refractivity contribution in [2.45, 2.75) is 25.0 Å². The summed E-state index contributed by atoms with van der Waals surface area (Å²) in [7, 11) is 4.09. The van der Waals surface area contributed by atoms with E-state index in [1.807, 2.05) is 32.3 Å². The van der Waals surface area contributed by atoms with Crippen molar-refractivity contribution >= 4 is 0 Å². The minimum atomic E-state index is -0.605. The summed E-state index contributed by atoms with van der Waals surface area (Å²) >= 11 is 0. The molecule has 0 unspecified atom stereocenters.